The highest BCUT2D eigenvalue weighted by Gasteiger charge is 2.54. The number of hydrogen-bond acceptors (Lipinski definition) is 3. The Morgan fingerprint density at radius 2 is 0.872 bits per heavy atom. The van der Waals surface area contributed by atoms with E-state index in [2.05, 4.69) is 13.8 Å². The van der Waals surface area contributed by atoms with E-state index >= 15 is 0 Å². The zero-order valence-corrected chi connectivity index (χ0v) is 29.5. The van der Waals surface area contributed by atoms with Crippen LogP contribution in [0.3, 0.4) is 0 Å². The van der Waals surface area contributed by atoms with Gasteiger partial charge in [0, 0.05) is 0 Å². The van der Waals surface area contributed by atoms with Crippen LogP contribution < -0.4 is 0 Å². The van der Waals surface area contributed by atoms with E-state index < -0.39 is 23.2 Å². The van der Waals surface area contributed by atoms with E-state index in [4.69, 9.17) is 0 Å². The van der Waals surface area contributed by atoms with Crippen molar-refractivity contribution >= 4 is 0 Å². The molecule has 47 heavy (non-hydrogen) atoms. The summed E-state index contributed by atoms with van der Waals surface area (Å²) in [7, 11) is 0. The highest BCUT2D eigenvalue weighted by molar-refractivity contribution is 5.53. The maximum absolute atomic E-state index is 12.7. The minimum Gasteiger partial charge on any atom is -0.390 e. The Labute approximate surface area is 287 Å². The molecule has 0 aliphatic carbocycles. The van der Waals surface area contributed by atoms with E-state index in [1.54, 1.807) is 6.08 Å². The molecular formula is C44H64O3. The lowest BCUT2D eigenvalue weighted by Crippen LogP contribution is -2.60. The van der Waals surface area contributed by atoms with Crippen molar-refractivity contribution in [3.63, 3.8) is 0 Å². The fraction of sp³-hybridized carbons (Fsp3) is 0.545. The topological polar surface area (TPSA) is 60.7 Å². The summed E-state index contributed by atoms with van der Waals surface area (Å²) in [5.41, 5.74) is -0.382. The van der Waals surface area contributed by atoms with Crippen molar-refractivity contribution in [3.8, 4) is 0 Å². The van der Waals surface area contributed by atoms with Crippen LogP contribution in [-0.4, -0.2) is 33.1 Å². The molecule has 0 aromatic heterocycles. The summed E-state index contributed by atoms with van der Waals surface area (Å²) in [4.78, 5) is 0. The van der Waals surface area contributed by atoms with Crippen LogP contribution in [0.4, 0.5) is 0 Å². The zero-order chi connectivity index (χ0) is 33.6. The summed E-state index contributed by atoms with van der Waals surface area (Å²) in [6.45, 7) is 4.42. The molecule has 3 N–H and O–H groups in total. The molecule has 0 fully saturated rings. The lowest BCUT2D eigenvalue weighted by Gasteiger charge is -2.47. The van der Waals surface area contributed by atoms with Gasteiger partial charge in [-0.25, -0.2) is 0 Å². The Kier molecular flexibility index (Phi) is 18.1. The maximum Gasteiger partial charge on any atom is 0.136 e. The van der Waals surface area contributed by atoms with E-state index in [1.165, 1.54) is 70.6 Å². The summed E-state index contributed by atoms with van der Waals surface area (Å²) < 4.78 is 0. The molecule has 3 nitrogen and oxygen atoms in total. The van der Waals surface area contributed by atoms with Crippen molar-refractivity contribution in [1.82, 2.24) is 0 Å². The minimum absolute atomic E-state index is 0.429. The van der Waals surface area contributed by atoms with Gasteiger partial charge in [-0.15, -0.1) is 0 Å². The number of benzene rings is 3. The summed E-state index contributed by atoms with van der Waals surface area (Å²) >= 11 is 0. The van der Waals surface area contributed by atoms with Crippen molar-refractivity contribution in [3.05, 3.63) is 120 Å². The second-order valence-corrected chi connectivity index (χ2v) is 13.6. The molecule has 0 radical (unpaired) electrons. The van der Waals surface area contributed by atoms with E-state index in [-0.39, 0.29) is 0 Å². The van der Waals surface area contributed by atoms with Crippen LogP contribution >= 0.6 is 0 Å². The monoisotopic (exact) mass is 640 g/mol. The van der Waals surface area contributed by atoms with E-state index in [1.807, 2.05) is 97.1 Å². The van der Waals surface area contributed by atoms with Crippen LogP contribution in [-0.2, 0) is 5.41 Å². The normalized spacial score (nSPS) is 14.7. The largest absolute Gasteiger partial charge is 0.390 e. The zero-order valence-electron chi connectivity index (χ0n) is 29.5. The molecule has 3 aromatic carbocycles. The summed E-state index contributed by atoms with van der Waals surface area (Å²) in [5.74, 6) is 0. The molecule has 3 aromatic rings. The third kappa shape index (κ3) is 11.4. The standard InChI is InChI=1S/C44H64O3/c1-3-5-7-9-10-11-12-13-14-15-16-17-18-28-36-41(45)43(47,37-29-8-6-4-2)42(46)44(38-30-22-19-23-31-38,39-32-24-20-25-33-39)40-34-26-21-27-35-40/h19-27,29-35,37,41-42,45-47H,3-18,28,36H2,1-2H3. The van der Waals surface area contributed by atoms with Gasteiger partial charge in [-0.2, -0.15) is 0 Å². The number of rotatable bonds is 25. The molecule has 3 atom stereocenters. The highest BCUT2D eigenvalue weighted by atomic mass is 16.4. The number of aliphatic hydroxyl groups excluding tert-OH is 2. The number of hydrogen-bond donors (Lipinski definition) is 3. The first kappa shape index (κ1) is 38.7. The van der Waals surface area contributed by atoms with Crippen molar-refractivity contribution in [1.29, 1.82) is 0 Å². The molecule has 3 heteroatoms. The molecular weight excluding hydrogens is 576 g/mol. The minimum atomic E-state index is -1.87. The van der Waals surface area contributed by atoms with Crippen molar-refractivity contribution in [2.75, 3.05) is 0 Å². The van der Waals surface area contributed by atoms with Gasteiger partial charge in [0.2, 0.25) is 0 Å². The Morgan fingerprint density at radius 3 is 1.26 bits per heavy atom. The van der Waals surface area contributed by atoms with Gasteiger partial charge in [-0.05, 0) is 29.5 Å². The first-order chi connectivity index (χ1) is 23.0. The van der Waals surface area contributed by atoms with E-state index in [9.17, 15) is 15.3 Å². The van der Waals surface area contributed by atoms with Gasteiger partial charge in [-0.3, -0.25) is 0 Å². The first-order valence-corrected chi connectivity index (χ1v) is 18.9. The van der Waals surface area contributed by atoms with Crippen LogP contribution in [0.5, 0.6) is 0 Å². The fourth-order valence-electron chi connectivity index (χ4n) is 7.17. The molecule has 0 bridgehead atoms. The highest BCUT2D eigenvalue weighted by Crippen LogP contribution is 2.47. The van der Waals surface area contributed by atoms with Gasteiger partial charge in [0.15, 0.2) is 0 Å². The molecule has 0 spiro atoms. The lowest BCUT2D eigenvalue weighted by molar-refractivity contribution is -0.132. The Hall–Kier alpha value is -2.72. The number of allylic oxidation sites excluding steroid dienone is 1. The van der Waals surface area contributed by atoms with Crippen LogP contribution in [0.1, 0.15) is 146 Å². The van der Waals surface area contributed by atoms with Gasteiger partial charge < -0.3 is 15.3 Å². The average molecular weight is 641 g/mol. The van der Waals surface area contributed by atoms with Crippen molar-refractivity contribution < 1.29 is 15.3 Å². The second-order valence-electron chi connectivity index (χ2n) is 13.6. The molecule has 258 valence electrons. The van der Waals surface area contributed by atoms with Crippen LogP contribution in [0, 0.1) is 0 Å². The van der Waals surface area contributed by atoms with Gasteiger partial charge in [0.25, 0.3) is 0 Å². The third-order valence-electron chi connectivity index (χ3n) is 10.0. The Morgan fingerprint density at radius 1 is 0.511 bits per heavy atom. The molecule has 3 unspecified atom stereocenters. The molecule has 0 aliphatic heterocycles. The molecule has 0 saturated carbocycles. The number of aliphatic hydroxyl groups is 3. The number of unbranched alkanes of at least 4 members (excludes halogenated alkanes) is 15. The van der Waals surface area contributed by atoms with Crippen LogP contribution in [0.25, 0.3) is 0 Å². The maximum atomic E-state index is 12.7. The third-order valence-corrected chi connectivity index (χ3v) is 10.0. The lowest BCUT2D eigenvalue weighted by atomic mass is 9.60. The Bertz CT molecular complexity index is 1110. The van der Waals surface area contributed by atoms with Crippen LogP contribution in [0.15, 0.2) is 103 Å². The van der Waals surface area contributed by atoms with Crippen LogP contribution in [0.2, 0.25) is 0 Å². The molecule has 3 rings (SSSR count). The van der Waals surface area contributed by atoms with Crippen molar-refractivity contribution in [2.24, 2.45) is 0 Å². The summed E-state index contributed by atoms with van der Waals surface area (Å²) in [5, 5.41) is 37.1. The summed E-state index contributed by atoms with van der Waals surface area (Å²) in [6.07, 6.45) is 22.1. The SMILES string of the molecule is CCCCC=CC(O)(C(O)CCCCCCCCCCCCCCCC)C(O)C(c1ccccc1)(c1ccccc1)c1ccccc1. The quantitative estimate of drug-likeness (QED) is 0.0490. The average Bonchev–Trinajstić information content (AvgIpc) is 3.11. The van der Waals surface area contributed by atoms with Gasteiger partial charge in [0.05, 0.1) is 11.5 Å². The molecule has 0 heterocycles. The summed E-state index contributed by atoms with van der Waals surface area (Å²) in [6, 6.07) is 29.9. The predicted molar refractivity (Wildman–Crippen MR) is 200 cm³/mol. The predicted octanol–water partition coefficient (Wildman–Crippen LogP) is 11.1. The molecule has 0 aliphatic rings. The smallest absolute Gasteiger partial charge is 0.136 e. The second kappa shape index (κ2) is 22.0. The Balaban J connectivity index is 1.74. The first-order valence-electron chi connectivity index (χ1n) is 18.9. The molecule has 0 amide bonds. The van der Waals surface area contributed by atoms with Gasteiger partial charge >= 0.3 is 0 Å². The van der Waals surface area contributed by atoms with E-state index in [0.29, 0.717) is 6.42 Å². The van der Waals surface area contributed by atoms with E-state index in [0.717, 1.165) is 55.2 Å². The van der Waals surface area contributed by atoms with Gasteiger partial charge in [0.1, 0.15) is 11.7 Å². The van der Waals surface area contributed by atoms with Crippen molar-refractivity contribution in [2.45, 2.75) is 153 Å². The molecule has 0 saturated heterocycles. The fourth-order valence-corrected chi connectivity index (χ4v) is 7.17. The van der Waals surface area contributed by atoms with Gasteiger partial charge in [-0.1, -0.05) is 220 Å².